The summed E-state index contributed by atoms with van der Waals surface area (Å²) in [4.78, 5) is 13.8. The number of hydrogen-bond donors (Lipinski definition) is 0. The van der Waals surface area contributed by atoms with Crippen molar-refractivity contribution in [3.8, 4) is 0 Å². The van der Waals surface area contributed by atoms with E-state index in [2.05, 4.69) is 5.16 Å². The minimum absolute atomic E-state index is 0.0403. The Morgan fingerprint density at radius 3 is 2.56 bits per heavy atom. The van der Waals surface area contributed by atoms with Gasteiger partial charge in [0.05, 0.1) is 17.2 Å². The summed E-state index contributed by atoms with van der Waals surface area (Å²) in [7, 11) is -1.37. The highest BCUT2D eigenvalue weighted by Gasteiger charge is 2.34. The summed E-state index contributed by atoms with van der Waals surface area (Å²) in [5.41, 5.74) is 0.965. The van der Waals surface area contributed by atoms with E-state index in [1.165, 1.54) is 4.90 Å². The number of nitrogens with zero attached hydrogens (tertiary/aromatic N) is 2. The zero-order valence-corrected chi connectivity index (χ0v) is 11.5. The van der Waals surface area contributed by atoms with Gasteiger partial charge in [-0.25, -0.2) is 8.42 Å². The predicted molar refractivity (Wildman–Crippen MR) is 65.1 cm³/mol. The Kier molecular flexibility index (Phi) is 3.18. The van der Waals surface area contributed by atoms with E-state index in [-0.39, 0.29) is 23.5 Å². The predicted octanol–water partition coefficient (Wildman–Crippen LogP) is 0.551. The van der Waals surface area contributed by atoms with E-state index in [1.54, 1.807) is 20.9 Å². The minimum Gasteiger partial charge on any atom is -0.361 e. The van der Waals surface area contributed by atoms with Crippen molar-refractivity contribution in [1.82, 2.24) is 10.1 Å². The van der Waals surface area contributed by atoms with E-state index in [9.17, 15) is 13.2 Å². The van der Waals surface area contributed by atoms with Gasteiger partial charge in [0, 0.05) is 13.1 Å². The van der Waals surface area contributed by atoms with Gasteiger partial charge in [-0.15, -0.1) is 0 Å². The Labute approximate surface area is 106 Å². The van der Waals surface area contributed by atoms with Crippen LogP contribution in [0.1, 0.15) is 28.2 Å². The molecule has 7 heteroatoms. The molecule has 0 aromatic carbocycles. The van der Waals surface area contributed by atoms with E-state index >= 15 is 0 Å². The standard InChI is InChI=1S/C11H16N2O4S/c1-7-10(8(2)17-12-7)11(14)13(3)9-4-5-18(15,16)6-9/h9H,4-6H2,1-3H3/t9-/m0/s1. The maximum atomic E-state index is 12.3. The average molecular weight is 272 g/mol. The van der Waals surface area contributed by atoms with Gasteiger partial charge in [-0.3, -0.25) is 4.79 Å². The van der Waals surface area contributed by atoms with Crippen LogP contribution in [-0.4, -0.2) is 49.0 Å². The number of carbonyl (C=O) groups is 1. The van der Waals surface area contributed by atoms with Gasteiger partial charge >= 0.3 is 0 Å². The van der Waals surface area contributed by atoms with Gasteiger partial charge in [0.1, 0.15) is 11.3 Å². The van der Waals surface area contributed by atoms with Crippen molar-refractivity contribution < 1.29 is 17.7 Å². The van der Waals surface area contributed by atoms with Gasteiger partial charge < -0.3 is 9.42 Å². The van der Waals surface area contributed by atoms with Crippen LogP contribution in [0.2, 0.25) is 0 Å². The number of aryl methyl sites for hydroxylation is 2. The highest BCUT2D eigenvalue weighted by Crippen LogP contribution is 2.21. The Morgan fingerprint density at radius 1 is 1.44 bits per heavy atom. The van der Waals surface area contributed by atoms with Crippen LogP contribution >= 0.6 is 0 Å². The molecule has 1 fully saturated rings. The molecule has 1 aliphatic heterocycles. The molecule has 2 rings (SSSR count). The van der Waals surface area contributed by atoms with Crippen LogP contribution in [0.25, 0.3) is 0 Å². The lowest BCUT2D eigenvalue weighted by atomic mass is 10.1. The molecule has 0 N–H and O–H groups in total. The molecule has 0 spiro atoms. The van der Waals surface area contributed by atoms with Crippen molar-refractivity contribution in [3.05, 3.63) is 17.0 Å². The molecule has 18 heavy (non-hydrogen) atoms. The van der Waals surface area contributed by atoms with Crippen LogP contribution in [-0.2, 0) is 9.84 Å². The Balaban J connectivity index is 2.20. The first-order valence-corrected chi connectivity index (χ1v) is 7.54. The number of carbonyl (C=O) groups excluding carboxylic acids is 1. The molecule has 0 radical (unpaired) electrons. The Hall–Kier alpha value is -1.37. The van der Waals surface area contributed by atoms with Crippen LogP contribution in [0.15, 0.2) is 4.52 Å². The third-order valence-corrected chi connectivity index (χ3v) is 5.07. The first kappa shape index (κ1) is 13.1. The van der Waals surface area contributed by atoms with Crippen LogP contribution in [0, 0.1) is 13.8 Å². The second-order valence-corrected chi connectivity index (χ2v) is 6.90. The number of sulfone groups is 1. The Morgan fingerprint density at radius 2 is 2.11 bits per heavy atom. The fourth-order valence-electron chi connectivity index (χ4n) is 2.21. The van der Waals surface area contributed by atoms with Gasteiger partial charge in [-0.05, 0) is 20.3 Å². The van der Waals surface area contributed by atoms with E-state index in [0.717, 1.165) is 0 Å². The summed E-state index contributed by atoms with van der Waals surface area (Å²) in [5, 5.41) is 3.73. The molecule has 1 saturated heterocycles. The summed E-state index contributed by atoms with van der Waals surface area (Å²) < 4.78 is 27.8. The van der Waals surface area contributed by atoms with Crippen molar-refractivity contribution in [2.75, 3.05) is 18.6 Å². The quantitative estimate of drug-likeness (QED) is 0.785. The maximum absolute atomic E-state index is 12.3. The molecule has 0 bridgehead atoms. The highest BCUT2D eigenvalue weighted by molar-refractivity contribution is 7.91. The van der Waals surface area contributed by atoms with E-state index in [0.29, 0.717) is 23.4 Å². The lowest BCUT2D eigenvalue weighted by molar-refractivity contribution is 0.0745. The molecule has 1 atom stereocenters. The fraction of sp³-hybridized carbons (Fsp3) is 0.636. The normalized spacial score (nSPS) is 22.1. The number of hydrogen-bond acceptors (Lipinski definition) is 5. The van der Waals surface area contributed by atoms with E-state index in [4.69, 9.17) is 4.52 Å². The minimum atomic E-state index is -3.00. The van der Waals surface area contributed by atoms with E-state index < -0.39 is 9.84 Å². The van der Waals surface area contributed by atoms with E-state index in [1.807, 2.05) is 0 Å². The molecular weight excluding hydrogens is 256 g/mol. The van der Waals surface area contributed by atoms with Crippen molar-refractivity contribution in [2.24, 2.45) is 0 Å². The number of amides is 1. The third-order valence-electron chi connectivity index (χ3n) is 3.32. The molecular formula is C11H16N2O4S. The van der Waals surface area contributed by atoms with Crippen LogP contribution in [0.4, 0.5) is 0 Å². The molecule has 1 amide bonds. The van der Waals surface area contributed by atoms with Crippen LogP contribution in [0.3, 0.4) is 0 Å². The molecule has 1 aromatic rings. The smallest absolute Gasteiger partial charge is 0.259 e. The number of aromatic nitrogens is 1. The molecule has 1 aliphatic rings. The Bertz CT molecular complexity index is 556. The molecule has 0 saturated carbocycles. The fourth-order valence-corrected chi connectivity index (χ4v) is 3.99. The maximum Gasteiger partial charge on any atom is 0.259 e. The summed E-state index contributed by atoms with van der Waals surface area (Å²) in [6, 6.07) is -0.254. The van der Waals surface area contributed by atoms with Gasteiger partial charge in [0.2, 0.25) is 0 Å². The number of rotatable bonds is 2. The van der Waals surface area contributed by atoms with Crippen molar-refractivity contribution >= 4 is 15.7 Å². The zero-order valence-electron chi connectivity index (χ0n) is 10.6. The second-order valence-electron chi connectivity index (χ2n) is 4.67. The molecule has 1 aromatic heterocycles. The lowest BCUT2D eigenvalue weighted by Crippen LogP contribution is -2.38. The molecule has 0 aliphatic carbocycles. The molecule has 0 unspecified atom stereocenters. The highest BCUT2D eigenvalue weighted by atomic mass is 32.2. The van der Waals surface area contributed by atoms with Crippen LogP contribution < -0.4 is 0 Å². The second kappa shape index (κ2) is 4.38. The third kappa shape index (κ3) is 2.27. The summed E-state index contributed by atoms with van der Waals surface area (Å²) in [5.74, 6) is 0.425. The van der Waals surface area contributed by atoms with Gasteiger partial charge in [-0.1, -0.05) is 5.16 Å². The van der Waals surface area contributed by atoms with Gasteiger partial charge in [0.25, 0.3) is 5.91 Å². The molecule has 100 valence electrons. The molecule has 6 nitrogen and oxygen atoms in total. The lowest BCUT2D eigenvalue weighted by Gasteiger charge is -2.23. The largest absolute Gasteiger partial charge is 0.361 e. The zero-order chi connectivity index (χ0) is 13.5. The van der Waals surface area contributed by atoms with Gasteiger partial charge in [-0.2, -0.15) is 0 Å². The summed E-state index contributed by atoms with van der Waals surface area (Å²) in [6.07, 6.45) is 0.494. The van der Waals surface area contributed by atoms with Crippen molar-refractivity contribution in [1.29, 1.82) is 0 Å². The van der Waals surface area contributed by atoms with Crippen molar-refractivity contribution in [2.45, 2.75) is 26.3 Å². The van der Waals surface area contributed by atoms with Crippen LogP contribution in [0.5, 0.6) is 0 Å². The average Bonchev–Trinajstić information content (AvgIpc) is 2.80. The first-order chi connectivity index (χ1) is 8.32. The molecule has 2 heterocycles. The summed E-state index contributed by atoms with van der Waals surface area (Å²) >= 11 is 0. The summed E-state index contributed by atoms with van der Waals surface area (Å²) in [6.45, 7) is 3.37. The monoisotopic (exact) mass is 272 g/mol. The van der Waals surface area contributed by atoms with Gasteiger partial charge in [0.15, 0.2) is 9.84 Å². The SMILES string of the molecule is Cc1noc(C)c1C(=O)N(C)[C@H]1CCS(=O)(=O)C1. The van der Waals surface area contributed by atoms with Crippen molar-refractivity contribution in [3.63, 3.8) is 0 Å². The first-order valence-electron chi connectivity index (χ1n) is 5.72. The topological polar surface area (TPSA) is 80.5 Å².